The van der Waals surface area contributed by atoms with Crippen LogP contribution in [0.5, 0.6) is 0 Å². The van der Waals surface area contributed by atoms with Crippen LogP contribution in [0.1, 0.15) is 63.6 Å². The Morgan fingerprint density at radius 1 is 1.09 bits per heavy atom. The Morgan fingerprint density at radius 3 is 2.55 bits per heavy atom. The number of anilines is 1. The molecule has 3 heterocycles. The highest BCUT2D eigenvalue weighted by molar-refractivity contribution is 6.21. The van der Waals surface area contributed by atoms with Crippen LogP contribution in [0.2, 0.25) is 0 Å². The first-order chi connectivity index (χ1) is 15.8. The van der Waals surface area contributed by atoms with Crippen LogP contribution in [-0.2, 0) is 16.1 Å². The molecule has 0 fully saturated rings. The van der Waals surface area contributed by atoms with Gasteiger partial charge in [-0.1, -0.05) is 0 Å². The highest BCUT2D eigenvalue weighted by Crippen LogP contribution is 2.26. The minimum absolute atomic E-state index is 0.0106. The van der Waals surface area contributed by atoms with Crippen molar-refractivity contribution in [3.8, 4) is 0 Å². The summed E-state index contributed by atoms with van der Waals surface area (Å²) in [6, 6.07) is 9.10. The van der Waals surface area contributed by atoms with Gasteiger partial charge in [-0.2, -0.15) is 5.10 Å². The molecule has 0 aliphatic carbocycles. The third-order valence-corrected chi connectivity index (χ3v) is 5.16. The lowest BCUT2D eigenvalue weighted by Gasteiger charge is -2.16. The van der Waals surface area contributed by atoms with Gasteiger partial charge in [0.25, 0.3) is 17.7 Å². The molecule has 0 radical (unpaired) electrons. The number of rotatable bonds is 7. The maximum Gasteiger partial charge on any atom is 0.338 e. The van der Waals surface area contributed by atoms with Gasteiger partial charge >= 0.3 is 5.97 Å². The standard InChI is InChI=1S/C23H22N4O6/c1-13(2)27-19(8-9-24-27)25-20(28)14(3)33-23(31)15-6-7-17-18(11-15)22(30)26(21(17)29)12-16-5-4-10-32-16/h4-11,13-14H,12H2,1-3H3,(H,25,28). The summed E-state index contributed by atoms with van der Waals surface area (Å²) >= 11 is 0. The van der Waals surface area contributed by atoms with Crippen molar-refractivity contribution in [2.45, 2.75) is 39.5 Å². The van der Waals surface area contributed by atoms with E-state index in [1.54, 1.807) is 29.1 Å². The van der Waals surface area contributed by atoms with Crippen molar-refractivity contribution >= 4 is 29.5 Å². The Balaban J connectivity index is 1.44. The summed E-state index contributed by atoms with van der Waals surface area (Å²) in [5, 5.41) is 6.82. The minimum Gasteiger partial charge on any atom is -0.467 e. The molecule has 2 aromatic heterocycles. The van der Waals surface area contributed by atoms with E-state index in [2.05, 4.69) is 10.4 Å². The summed E-state index contributed by atoms with van der Waals surface area (Å²) < 4.78 is 12.1. The minimum atomic E-state index is -1.10. The van der Waals surface area contributed by atoms with Crippen LogP contribution in [0.4, 0.5) is 5.82 Å². The molecule has 1 atom stereocenters. The monoisotopic (exact) mass is 450 g/mol. The third kappa shape index (κ3) is 4.27. The van der Waals surface area contributed by atoms with E-state index in [1.165, 1.54) is 31.4 Å². The average Bonchev–Trinajstić information content (AvgIpc) is 3.51. The summed E-state index contributed by atoms with van der Waals surface area (Å²) in [7, 11) is 0. The van der Waals surface area contributed by atoms with E-state index in [0.717, 1.165) is 4.90 Å². The summed E-state index contributed by atoms with van der Waals surface area (Å²) in [5.41, 5.74) is 0.344. The van der Waals surface area contributed by atoms with Crippen LogP contribution in [-0.4, -0.2) is 44.5 Å². The number of carbonyl (C=O) groups is 4. The molecule has 1 aliphatic rings. The zero-order chi connectivity index (χ0) is 23.7. The SMILES string of the molecule is CC(OC(=O)c1ccc2c(c1)C(=O)N(Cc1ccco1)C2=O)C(=O)Nc1ccnn1C(C)C. The molecule has 3 aromatic rings. The van der Waals surface area contributed by atoms with Gasteiger partial charge in [-0.3, -0.25) is 19.3 Å². The Bertz CT molecular complexity index is 1230. The van der Waals surface area contributed by atoms with Gasteiger partial charge in [0.05, 0.1) is 35.7 Å². The Labute approximate surface area is 189 Å². The maximum absolute atomic E-state index is 12.7. The van der Waals surface area contributed by atoms with Crippen molar-refractivity contribution in [2.75, 3.05) is 5.32 Å². The normalized spacial score (nSPS) is 13.9. The van der Waals surface area contributed by atoms with Gasteiger partial charge in [0.15, 0.2) is 6.10 Å². The van der Waals surface area contributed by atoms with E-state index in [-0.39, 0.29) is 29.3 Å². The quantitative estimate of drug-likeness (QED) is 0.433. The van der Waals surface area contributed by atoms with E-state index >= 15 is 0 Å². The topological polar surface area (TPSA) is 124 Å². The number of carbonyl (C=O) groups excluding carboxylic acids is 4. The summed E-state index contributed by atoms with van der Waals surface area (Å²) in [6.45, 7) is 5.27. The van der Waals surface area contributed by atoms with Crippen molar-refractivity contribution in [3.05, 3.63) is 71.3 Å². The molecule has 0 spiro atoms. The van der Waals surface area contributed by atoms with E-state index in [9.17, 15) is 19.2 Å². The van der Waals surface area contributed by atoms with Crippen molar-refractivity contribution in [3.63, 3.8) is 0 Å². The number of furan rings is 1. The summed E-state index contributed by atoms with van der Waals surface area (Å²) in [5.74, 6) is -1.38. The Hall–Kier alpha value is -4.21. The van der Waals surface area contributed by atoms with Crippen LogP contribution in [0, 0.1) is 0 Å². The number of amides is 3. The zero-order valence-electron chi connectivity index (χ0n) is 18.3. The van der Waals surface area contributed by atoms with Gasteiger partial charge in [0.1, 0.15) is 11.6 Å². The van der Waals surface area contributed by atoms with Crippen LogP contribution in [0.25, 0.3) is 0 Å². The molecule has 1 aliphatic heterocycles. The fourth-order valence-electron chi connectivity index (χ4n) is 3.45. The zero-order valence-corrected chi connectivity index (χ0v) is 18.3. The predicted molar refractivity (Wildman–Crippen MR) is 115 cm³/mol. The second-order valence-electron chi connectivity index (χ2n) is 7.83. The van der Waals surface area contributed by atoms with Crippen molar-refractivity contribution in [1.82, 2.24) is 14.7 Å². The molecule has 0 bridgehead atoms. The van der Waals surface area contributed by atoms with Gasteiger partial charge in [-0.15, -0.1) is 0 Å². The van der Waals surface area contributed by atoms with Gasteiger partial charge < -0.3 is 14.5 Å². The molecule has 3 amide bonds. The van der Waals surface area contributed by atoms with Gasteiger partial charge in [0.2, 0.25) is 0 Å². The number of ether oxygens (including phenoxy) is 1. The molecule has 4 rings (SSSR count). The number of imide groups is 1. The molecule has 0 saturated carbocycles. The van der Waals surface area contributed by atoms with Crippen LogP contribution in [0.15, 0.2) is 53.3 Å². The molecule has 10 heteroatoms. The fraction of sp³-hybridized carbons (Fsp3) is 0.261. The highest BCUT2D eigenvalue weighted by atomic mass is 16.5. The summed E-state index contributed by atoms with van der Waals surface area (Å²) in [6.07, 6.45) is 1.91. The van der Waals surface area contributed by atoms with Crippen molar-refractivity contribution < 1.29 is 28.3 Å². The Kier molecular flexibility index (Phi) is 5.82. The number of fused-ring (bicyclic) bond motifs is 1. The number of benzene rings is 1. The number of esters is 1. The van der Waals surface area contributed by atoms with Gasteiger partial charge in [-0.25, -0.2) is 9.48 Å². The molecule has 33 heavy (non-hydrogen) atoms. The smallest absolute Gasteiger partial charge is 0.338 e. The first-order valence-corrected chi connectivity index (χ1v) is 10.3. The first kappa shape index (κ1) is 22.0. The van der Waals surface area contributed by atoms with Crippen LogP contribution in [0.3, 0.4) is 0 Å². The van der Waals surface area contributed by atoms with E-state index in [0.29, 0.717) is 11.6 Å². The molecule has 1 N–H and O–H groups in total. The van der Waals surface area contributed by atoms with Crippen LogP contribution >= 0.6 is 0 Å². The van der Waals surface area contributed by atoms with E-state index in [1.807, 2.05) is 13.8 Å². The lowest BCUT2D eigenvalue weighted by molar-refractivity contribution is -0.123. The highest BCUT2D eigenvalue weighted by Gasteiger charge is 2.36. The summed E-state index contributed by atoms with van der Waals surface area (Å²) in [4.78, 5) is 51.5. The number of nitrogens with zero attached hydrogens (tertiary/aromatic N) is 3. The van der Waals surface area contributed by atoms with Crippen molar-refractivity contribution in [2.24, 2.45) is 0 Å². The number of aromatic nitrogens is 2. The van der Waals surface area contributed by atoms with E-state index in [4.69, 9.17) is 9.15 Å². The maximum atomic E-state index is 12.7. The molecular weight excluding hydrogens is 428 g/mol. The lowest BCUT2D eigenvalue weighted by Crippen LogP contribution is -2.31. The third-order valence-electron chi connectivity index (χ3n) is 5.16. The fourth-order valence-corrected chi connectivity index (χ4v) is 3.45. The molecule has 170 valence electrons. The number of hydrogen-bond donors (Lipinski definition) is 1. The predicted octanol–water partition coefficient (Wildman–Crippen LogP) is 3.04. The average molecular weight is 450 g/mol. The second-order valence-corrected chi connectivity index (χ2v) is 7.83. The van der Waals surface area contributed by atoms with Crippen molar-refractivity contribution in [1.29, 1.82) is 0 Å². The molecular formula is C23H22N4O6. The van der Waals surface area contributed by atoms with Gasteiger partial charge in [-0.05, 0) is 51.1 Å². The Morgan fingerprint density at radius 2 is 1.85 bits per heavy atom. The van der Waals surface area contributed by atoms with Crippen LogP contribution < -0.4 is 5.32 Å². The molecule has 0 saturated heterocycles. The number of hydrogen-bond acceptors (Lipinski definition) is 7. The molecule has 10 nitrogen and oxygen atoms in total. The largest absolute Gasteiger partial charge is 0.467 e. The lowest BCUT2D eigenvalue weighted by atomic mass is 10.1. The first-order valence-electron chi connectivity index (χ1n) is 10.3. The molecule has 1 aromatic carbocycles. The van der Waals surface area contributed by atoms with Gasteiger partial charge in [0, 0.05) is 12.1 Å². The number of nitrogens with one attached hydrogen (secondary N) is 1. The van der Waals surface area contributed by atoms with E-state index < -0.39 is 29.8 Å². The molecule has 1 unspecified atom stereocenters. The second kappa shape index (κ2) is 8.73.